The second kappa shape index (κ2) is 9.19. The molecule has 1 amide bonds. The van der Waals surface area contributed by atoms with Crippen LogP contribution in [-0.2, 0) is 6.42 Å². The minimum absolute atomic E-state index is 0.213. The Morgan fingerprint density at radius 3 is 2.74 bits per heavy atom. The van der Waals surface area contributed by atoms with Crippen LogP contribution in [0.4, 0.5) is 17.2 Å². The molecule has 8 nitrogen and oxygen atoms in total. The minimum Gasteiger partial charge on any atom is -0.487 e. The Labute approximate surface area is 205 Å². The number of aromatic nitrogens is 2. The van der Waals surface area contributed by atoms with Gasteiger partial charge in [-0.1, -0.05) is 6.07 Å². The van der Waals surface area contributed by atoms with Gasteiger partial charge in [-0.25, -0.2) is 9.97 Å². The number of hydrogen-bond acceptors (Lipinski definition) is 7. The molecule has 1 fully saturated rings. The van der Waals surface area contributed by atoms with Gasteiger partial charge in [0.15, 0.2) is 0 Å². The van der Waals surface area contributed by atoms with E-state index >= 15 is 0 Å². The lowest BCUT2D eigenvalue weighted by atomic mass is 9.96. The molecular formula is C27H31N5O3. The van der Waals surface area contributed by atoms with Crippen molar-refractivity contribution < 1.29 is 14.6 Å². The Kier molecular flexibility index (Phi) is 6.06. The fourth-order valence-electron chi connectivity index (χ4n) is 4.82. The van der Waals surface area contributed by atoms with Crippen molar-refractivity contribution in [3.05, 3.63) is 59.9 Å². The van der Waals surface area contributed by atoms with Gasteiger partial charge in [-0.15, -0.1) is 0 Å². The number of nitrogen functional groups attached to an aromatic ring is 1. The van der Waals surface area contributed by atoms with Crippen molar-refractivity contribution >= 4 is 23.1 Å². The lowest BCUT2D eigenvalue weighted by Crippen LogP contribution is -2.35. The zero-order valence-electron chi connectivity index (χ0n) is 20.1. The van der Waals surface area contributed by atoms with Gasteiger partial charge < -0.3 is 25.8 Å². The predicted molar refractivity (Wildman–Crippen MR) is 137 cm³/mol. The number of amides is 1. The van der Waals surface area contributed by atoms with Crippen molar-refractivity contribution in [2.75, 3.05) is 35.6 Å². The van der Waals surface area contributed by atoms with Crippen LogP contribution < -0.4 is 20.7 Å². The molecule has 182 valence electrons. The number of anilines is 3. The summed E-state index contributed by atoms with van der Waals surface area (Å²) < 4.78 is 6.18. The topological polar surface area (TPSA) is 114 Å². The SMILES string of the molecule is CC1(C)Cc2cc(NC(=O)c3cccc(-c4ccc(N)nc4)n3)c(N3CCC(CO)CC3)cc2O1. The molecule has 0 atom stereocenters. The summed E-state index contributed by atoms with van der Waals surface area (Å²) in [7, 11) is 0. The first-order valence-electron chi connectivity index (χ1n) is 12.0. The largest absolute Gasteiger partial charge is 0.487 e. The molecule has 2 aliphatic heterocycles. The van der Waals surface area contributed by atoms with Crippen molar-refractivity contribution in [2.45, 2.75) is 38.7 Å². The Balaban J connectivity index is 1.44. The van der Waals surface area contributed by atoms with Crippen molar-refractivity contribution in [3.8, 4) is 17.0 Å². The molecule has 0 aliphatic carbocycles. The zero-order valence-corrected chi connectivity index (χ0v) is 20.1. The third kappa shape index (κ3) is 4.93. The van der Waals surface area contributed by atoms with Gasteiger partial charge in [-0.2, -0.15) is 0 Å². The highest BCUT2D eigenvalue weighted by Crippen LogP contribution is 2.42. The highest BCUT2D eigenvalue weighted by molar-refractivity contribution is 6.05. The highest BCUT2D eigenvalue weighted by atomic mass is 16.5. The molecule has 0 unspecified atom stereocenters. The second-order valence-corrected chi connectivity index (χ2v) is 9.96. The number of pyridine rings is 2. The van der Waals surface area contributed by atoms with Crippen LogP contribution in [0.25, 0.3) is 11.3 Å². The molecule has 0 saturated carbocycles. The van der Waals surface area contributed by atoms with Crippen molar-refractivity contribution in [1.29, 1.82) is 0 Å². The average molecular weight is 474 g/mol. The third-order valence-corrected chi connectivity index (χ3v) is 6.71. The van der Waals surface area contributed by atoms with Crippen LogP contribution >= 0.6 is 0 Å². The smallest absolute Gasteiger partial charge is 0.274 e. The van der Waals surface area contributed by atoms with E-state index in [9.17, 15) is 9.90 Å². The molecule has 2 aliphatic rings. The molecule has 2 aromatic heterocycles. The van der Waals surface area contributed by atoms with Crippen LogP contribution in [-0.4, -0.2) is 46.3 Å². The second-order valence-electron chi connectivity index (χ2n) is 9.96. The van der Waals surface area contributed by atoms with Crippen molar-refractivity contribution in [1.82, 2.24) is 9.97 Å². The Morgan fingerprint density at radius 1 is 1.23 bits per heavy atom. The zero-order chi connectivity index (χ0) is 24.6. The predicted octanol–water partition coefficient (Wildman–Crippen LogP) is 3.90. The van der Waals surface area contributed by atoms with E-state index in [1.165, 1.54) is 0 Å². The summed E-state index contributed by atoms with van der Waals surface area (Å²) in [5.74, 6) is 1.34. The lowest BCUT2D eigenvalue weighted by Gasteiger charge is -2.34. The van der Waals surface area contributed by atoms with Gasteiger partial charge in [0.2, 0.25) is 0 Å². The standard InChI is InChI=1S/C27H31N5O3/c1-27(2)14-19-12-22(23(13-24(19)35-27)32-10-8-17(16-33)9-11-32)31-26(34)21-5-3-4-20(30-21)18-6-7-25(28)29-15-18/h3-7,12-13,15,17,33H,8-11,14,16H2,1-2H3,(H2,28,29)(H,31,34). The number of nitrogens with one attached hydrogen (secondary N) is 1. The fourth-order valence-corrected chi connectivity index (χ4v) is 4.82. The third-order valence-electron chi connectivity index (χ3n) is 6.71. The number of carbonyl (C=O) groups is 1. The first-order chi connectivity index (χ1) is 16.8. The quantitative estimate of drug-likeness (QED) is 0.515. The van der Waals surface area contributed by atoms with E-state index in [4.69, 9.17) is 10.5 Å². The Hall–Kier alpha value is -3.65. The fraction of sp³-hybridized carbons (Fsp3) is 0.370. The average Bonchev–Trinajstić information content (AvgIpc) is 3.17. The molecule has 1 aromatic carbocycles. The van der Waals surface area contributed by atoms with Crippen LogP contribution in [0, 0.1) is 5.92 Å². The molecule has 4 N–H and O–H groups in total. The van der Waals surface area contributed by atoms with Crippen molar-refractivity contribution in [3.63, 3.8) is 0 Å². The molecule has 0 radical (unpaired) electrons. The van der Waals surface area contributed by atoms with E-state index in [2.05, 4.69) is 34.0 Å². The summed E-state index contributed by atoms with van der Waals surface area (Å²) in [6, 6.07) is 13.0. The lowest BCUT2D eigenvalue weighted by molar-refractivity contribution is 0.102. The van der Waals surface area contributed by atoms with E-state index in [-0.39, 0.29) is 18.1 Å². The molecular weight excluding hydrogens is 442 g/mol. The van der Waals surface area contributed by atoms with Gasteiger partial charge in [-0.05, 0) is 62.9 Å². The summed E-state index contributed by atoms with van der Waals surface area (Å²) in [6.45, 7) is 5.98. The van der Waals surface area contributed by atoms with E-state index in [1.807, 2.05) is 30.3 Å². The number of carbonyl (C=O) groups excluding carboxylic acids is 1. The van der Waals surface area contributed by atoms with Crippen molar-refractivity contribution in [2.24, 2.45) is 5.92 Å². The van der Waals surface area contributed by atoms with Crippen LogP contribution in [0.1, 0.15) is 42.7 Å². The van der Waals surface area contributed by atoms with E-state index in [0.29, 0.717) is 23.1 Å². The maximum atomic E-state index is 13.3. The molecule has 4 heterocycles. The van der Waals surface area contributed by atoms with E-state index in [1.54, 1.807) is 18.3 Å². The number of aliphatic hydroxyl groups is 1. The first kappa shape index (κ1) is 23.1. The number of nitrogens with two attached hydrogens (primary N) is 1. The molecule has 0 bridgehead atoms. The number of hydrogen-bond donors (Lipinski definition) is 3. The number of fused-ring (bicyclic) bond motifs is 1. The molecule has 35 heavy (non-hydrogen) atoms. The Morgan fingerprint density at radius 2 is 2.03 bits per heavy atom. The maximum Gasteiger partial charge on any atom is 0.274 e. The van der Waals surface area contributed by atoms with Crippen LogP contribution in [0.3, 0.4) is 0 Å². The number of nitrogens with zero attached hydrogens (tertiary/aromatic N) is 3. The van der Waals surface area contributed by atoms with E-state index in [0.717, 1.165) is 60.6 Å². The molecule has 0 spiro atoms. The van der Waals surface area contributed by atoms with Crippen LogP contribution in [0.15, 0.2) is 48.7 Å². The minimum atomic E-state index is -0.283. The number of piperidine rings is 1. The molecule has 3 aromatic rings. The van der Waals surface area contributed by atoms with Crippen LogP contribution in [0.2, 0.25) is 0 Å². The Bertz CT molecular complexity index is 1230. The monoisotopic (exact) mass is 473 g/mol. The number of benzene rings is 1. The number of rotatable bonds is 5. The highest BCUT2D eigenvalue weighted by Gasteiger charge is 2.32. The molecule has 5 rings (SSSR count). The van der Waals surface area contributed by atoms with Gasteiger partial charge >= 0.3 is 0 Å². The molecule has 8 heteroatoms. The van der Waals surface area contributed by atoms with Crippen LogP contribution in [0.5, 0.6) is 5.75 Å². The van der Waals surface area contributed by atoms with Gasteiger partial charge in [0.05, 0.1) is 17.1 Å². The number of ether oxygens (including phenoxy) is 1. The molecule has 1 saturated heterocycles. The van der Waals surface area contributed by atoms with Gasteiger partial charge in [0.25, 0.3) is 5.91 Å². The summed E-state index contributed by atoms with van der Waals surface area (Å²) in [5.41, 5.74) is 9.94. The summed E-state index contributed by atoms with van der Waals surface area (Å²) in [4.78, 5) is 24.3. The number of aliphatic hydroxyl groups excluding tert-OH is 1. The summed E-state index contributed by atoms with van der Waals surface area (Å²) >= 11 is 0. The van der Waals surface area contributed by atoms with Gasteiger partial charge in [0.1, 0.15) is 22.9 Å². The normalized spacial score (nSPS) is 17.1. The summed E-state index contributed by atoms with van der Waals surface area (Å²) in [6.07, 6.45) is 4.24. The first-order valence-corrected chi connectivity index (χ1v) is 12.0. The van der Waals surface area contributed by atoms with E-state index < -0.39 is 0 Å². The van der Waals surface area contributed by atoms with Gasteiger partial charge in [-0.3, -0.25) is 4.79 Å². The maximum absolute atomic E-state index is 13.3. The summed E-state index contributed by atoms with van der Waals surface area (Å²) in [5, 5.41) is 12.6. The van der Waals surface area contributed by atoms with Gasteiger partial charge in [0, 0.05) is 49.5 Å².